The second kappa shape index (κ2) is 7.27. The van der Waals surface area contributed by atoms with Crippen molar-refractivity contribution in [2.45, 2.75) is 0 Å². The summed E-state index contributed by atoms with van der Waals surface area (Å²) >= 11 is 0. The van der Waals surface area contributed by atoms with E-state index in [1.54, 1.807) is 14.2 Å². The Morgan fingerprint density at radius 1 is 0.857 bits per heavy atom. The number of pyridine rings is 1. The van der Waals surface area contributed by atoms with Crippen LogP contribution in [0.4, 0.5) is 0 Å². The van der Waals surface area contributed by atoms with Crippen LogP contribution in [-0.4, -0.2) is 23.6 Å². The molecule has 0 atom stereocenters. The van der Waals surface area contributed by atoms with Gasteiger partial charge in [-0.25, -0.2) is 0 Å². The van der Waals surface area contributed by atoms with Crippen molar-refractivity contribution in [2.75, 3.05) is 14.2 Å². The summed E-state index contributed by atoms with van der Waals surface area (Å²) in [7, 11) is 3.32. The third kappa shape index (κ3) is 2.67. The average Bonchev–Trinajstić information content (AvgIpc) is 3.18. The molecule has 2 aromatic heterocycles. The van der Waals surface area contributed by atoms with Gasteiger partial charge >= 0.3 is 0 Å². The van der Waals surface area contributed by atoms with E-state index in [4.69, 9.17) is 14.5 Å². The molecule has 0 aliphatic rings. The fourth-order valence-corrected chi connectivity index (χ4v) is 3.72. The van der Waals surface area contributed by atoms with Crippen molar-refractivity contribution in [3.63, 3.8) is 0 Å². The molecule has 0 amide bonds. The molecule has 141 valence electrons. The van der Waals surface area contributed by atoms with Gasteiger partial charge in [-0.2, -0.15) is 0 Å². The predicted octanol–water partition coefficient (Wildman–Crippen LogP) is 5.12. The normalized spacial score (nSPS) is 10.9. The summed E-state index contributed by atoms with van der Waals surface area (Å²) in [6.45, 7) is 0. The van der Waals surface area contributed by atoms with E-state index in [0.29, 0.717) is 0 Å². The molecule has 0 aliphatic carbocycles. The fraction of sp³-hybridized carbons (Fsp3) is 0.0870. The number of ether oxygens (including phenoxy) is 2. The van der Waals surface area contributed by atoms with E-state index in [1.165, 1.54) is 5.39 Å². The van der Waals surface area contributed by atoms with E-state index >= 15 is 0 Å². The van der Waals surface area contributed by atoms with Crippen molar-refractivity contribution in [1.82, 2.24) is 9.38 Å². The molecule has 0 bridgehead atoms. The Morgan fingerprint density at radius 3 is 2.32 bits per heavy atom. The molecular weight excluding hydrogens is 528 g/mol. The van der Waals surface area contributed by atoms with E-state index in [1.807, 2.05) is 42.6 Å². The molecule has 3 aromatic carbocycles. The SMILES string of the molecule is COc1cccc(OC)c1-c1cn2c3ccccc3c3ccc[c-]c3c2n1.[Ir]. The first-order valence-corrected chi connectivity index (χ1v) is 8.73. The molecule has 0 N–H and O–H groups in total. The zero-order chi connectivity index (χ0) is 18.4. The number of para-hydroxylation sites is 1. The summed E-state index contributed by atoms with van der Waals surface area (Å²) in [5.41, 5.74) is 3.62. The van der Waals surface area contributed by atoms with E-state index in [-0.39, 0.29) is 20.1 Å². The Morgan fingerprint density at radius 2 is 1.57 bits per heavy atom. The van der Waals surface area contributed by atoms with Gasteiger partial charge in [0.25, 0.3) is 0 Å². The minimum absolute atomic E-state index is 0. The van der Waals surface area contributed by atoms with Crippen molar-refractivity contribution in [2.24, 2.45) is 0 Å². The van der Waals surface area contributed by atoms with Gasteiger partial charge in [0.05, 0.1) is 31.1 Å². The van der Waals surface area contributed by atoms with E-state index < -0.39 is 0 Å². The van der Waals surface area contributed by atoms with Crippen LogP contribution >= 0.6 is 0 Å². The second-order valence-corrected chi connectivity index (χ2v) is 6.33. The molecule has 1 radical (unpaired) electrons. The van der Waals surface area contributed by atoms with Crippen LogP contribution < -0.4 is 9.47 Å². The number of methoxy groups -OCH3 is 2. The molecule has 0 unspecified atom stereocenters. The van der Waals surface area contributed by atoms with Crippen LogP contribution in [0, 0.1) is 6.07 Å². The van der Waals surface area contributed by atoms with Gasteiger partial charge in [0.1, 0.15) is 11.5 Å². The molecule has 28 heavy (non-hydrogen) atoms. The van der Waals surface area contributed by atoms with Gasteiger partial charge < -0.3 is 13.9 Å². The van der Waals surface area contributed by atoms with E-state index in [2.05, 4.69) is 34.7 Å². The van der Waals surface area contributed by atoms with Crippen molar-refractivity contribution in [1.29, 1.82) is 0 Å². The molecule has 0 aliphatic heterocycles. The zero-order valence-electron chi connectivity index (χ0n) is 15.4. The average molecular weight is 546 g/mol. The molecule has 5 aromatic rings. The molecule has 4 nitrogen and oxygen atoms in total. The minimum atomic E-state index is 0. The van der Waals surface area contributed by atoms with Crippen LogP contribution in [0.25, 0.3) is 38.6 Å². The molecular formula is C23H17IrN2O2-. The third-order valence-corrected chi connectivity index (χ3v) is 4.92. The molecule has 0 saturated carbocycles. The topological polar surface area (TPSA) is 35.8 Å². The van der Waals surface area contributed by atoms with Crippen LogP contribution in [0.1, 0.15) is 0 Å². The smallest absolute Gasteiger partial charge is 0.132 e. The van der Waals surface area contributed by atoms with Crippen molar-refractivity contribution < 1.29 is 29.6 Å². The first-order chi connectivity index (χ1) is 13.3. The van der Waals surface area contributed by atoms with Crippen molar-refractivity contribution >= 4 is 27.3 Å². The van der Waals surface area contributed by atoms with Gasteiger partial charge in [-0.1, -0.05) is 29.7 Å². The maximum atomic E-state index is 5.58. The quantitative estimate of drug-likeness (QED) is 0.233. The molecule has 0 fully saturated rings. The molecule has 5 rings (SSSR count). The first kappa shape index (κ1) is 18.5. The summed E-state index contributed by atoms with van der Waals surface area (Å²) < 4.78 is 13.3. The maximum absolute atomic E-state index is 5.58. The summed E-state index contributed by atoms with van der Waals surface area (Å²) in [6.07, 6.45) is 2.04. The monoisotopic (exact) mass is 546 g/mol. The third-order valence-electron chi connectivity index (χ3n) is 4.92. The summed E-state index contributed by atoms with van der Waals surface area (Å²) in [5.74, 6) is 1.46. The number of benzene rings is 3. The van der Waals surface area contributed by atoms with Gasteiger partial charge in [-0.3, -0.25) is 4.98 Å². The summed E-state index contributed by atoms with van der Waals surface area (Å²) in [4.78, 5) is 4.95. The van der Waals surface area contributed by atoms with Crippen LogP contribution in [0.5, 0.6) is 11.5 Å². The van der Waals surface area contributed by atoms with Gasteiger partial charge in [0.15, 0.2) is 0 Å². The molecule has 0 spiro atoms. The standard InChI is InChI=1S/C23H17N2O2.Ir/c1-26-20-12-7-13-21(27-2)22(20)18-14-25-19-11-6-5-9-16(19)15-8-3-4-10-17(15)23(25)24-18;/h3-9,11-14H,1-2H3;/q-1;. The Labute approximate surface area is 176 Å². The second-order valence-electron chi connectivity index (χ2n) is 6.33. The number of rotatable bonds is 3. The first-order valence-electron chi connectivity index (χ1n) is 8.73. The number of aromatic nitrogens is 2. The Bertz CT molecular complexity index is 1220. The molecule has 0 saturated heterocycles. The van der Waals surface area contributed by atoms with Crippen LogP contribution in [0.15, 0.2) is 66.9 Å². The molecule has 5 heteroatoms. The predicted molar refractivity (Wildman–Crippen MR) is 108 cm³/mol. The van der Waals surface area contributed by atoms with Crippen LogP contribution in [0.2, 0.25) is 0 Å². The number of hydrogen-bond donors (Lipinski definition) is 0. The number of fused-ring (bicyclic) bond motifs is 6. The Kier molecular flexibility index (Phi) is 4.80. The van der Waals surface area contributed by atoms with Crippen molar-refractivity contribution in [3.8, 4) is 22.8 Å². The number of imidazole rings is 1. The molecule has 2 heterocycles. The summed E-state index contributed by atoms with van der Waals surface area (Å²) in [5, 5.41) is 3.31. The minimum Gasteiger partial charge on any atom is -0.496 e. The Balaban J connectivity index is 0.00000192. The zero-order valence-corrected chi connectivity index (χ0v) is 17.8. The maximum Gasteiger partial charge on any atom is 0.132 e. The van der Waals surface area contributed by atoms with E-state index in [9.17, 15) is 0 Å². The van der Waals surface area contributed by atoms with Crippen molar-refractivity contribution in [3.05, 3.63) is 72.9 Å². The number of nitrogens with zero attached hydrogens (tertiary/aromatic N) is 2. The largest absolute Gasteiger partial charge is 0.496 e. The van der Waals surface area contributed by atoms with Crippen LogP contribution in [-0.2, 0) is 20.1 Å². The number of hydrogen-bond acceptors (Lipinski definition) is 3. The fourth-order valence-electron chi connectivity index (χ4n) is 3.72. The van der Waals surface area contributed by atoms with E-state index in [0.717, 1.165) is 44.7 Å². The van der Waals surface area contributed by atoms with Gasteiger partial charge in [-0.15, -0.1) is 29.7 Å². The van der Waals surface area contributed by atoms with Crippen LogP contribution in [0.3, 0.4) is 0 Å². The Hall–Kier alpha value is -2.88. The van der Waals surface area contributed by atoms with Gasteiger partial charge in [0, 0.05) is 31.8 Å². The summed E-state index contributed by atoms with van der Waals surface area (Å²) in [6, 6.07) is 23.5. The van der Waals surface area contributed by atoms with Gasteiger partial charge in [0.2, 0.25) is 0 Å². The van der Waals surface area contributed by atoms with Gasteiger partial charge in [-0.05, 0) is 23.6 Å².